The Bertz CT molecular complexity index is 578. The molecule has 18 heavy (non-hydrogen) atoms. The third-order valence-corrected chi connectivity index (χ3v) is 2.44. The van der Waals surface area contributed by atoms with Crippen LogP contribution in [0, 0.1) is 24.0 Å². The van der Waals surface area contributed by atoms with Crippen LogP contribution in [-0.4, -0.2) is 9.91 Å². The number of pyridine rings is 1. The highest BCUT2D eigenvalue weighted by Crippen LogP contribution is 2.22. The van der Waals surface area contributed by atoms with Crippen LogP contribution in [0.1, 0.15) is 17.2 Å². The van der Waals surface area contributed by atoms with Gasteiger partial charge in [0.1, 0.15) is 11.5 Å². The molecule has 0 fully saturated rings. The summed E-state index contributed by atoms with van der Waals surface area (Å²) in [4.78, 5) is 14.5. The zero-order chi connectivity index (χ0) is 13.1. The average molecular weight is 247 g/mol. The van der Waals surface area contributed by atoms with E-state index in [4.69, 9.17) is 4.42 Å². The Morgan fingerprint density at radius 2 is 2.11 bits per heavy atom. The summed E-state index contributed by atoms with van der Waals surface area (Å²) in [5.41, 5.74) is 0.683. The maximum absolute atomic E-state index is 10.9. The molecule has 0 unspecified atom stereocenters. The molecule has 0 aliphatic rings. The predicted molar refractivity (Wildman–Crippen MR) is 66.4 cm³/mol. The van der Waals surface area contributed by atoms with Gasteiger partial charge >= 0.3 is 5.69 Å². The number of nitrogens with zero attached hydrogens (tertiary/aromatic N) is 2. The fraction of sp³-hybridized carbons (Fsp3) is 0.250. The van der Waals surface area contributed by atoms with Crippen molar-refractivity contribution in [1.29, 1.82) is 0 Å². The molecule has 6 heteroatoms. The highest BCUT2D eigenvalue weighted by molar-refractivity contribution is 5.56. The molecule has 0 amide bonds. The van der Waals surface area contributed by atoms with Crippen LogP contribution >= 0.6 is 0 Å². The van der Waals surface area contributed by atoms with E-state index in [1.807, 2.05) is 19.1 Å². The zero-order valence-electron chi connectivity index (χ0n) is 10.1. The number of hydrogen-bond acceptors (Lipinski definition) is 5. The highest BCUT2D eigenvalue weighted by Gasteiger charge is 2.15. The van der Waals surface area contributed by atoms with E-state index in [9.17, 15) is 10.1 Å². The quantitative estimate of drug-likeness (QED) is 0.663. The van der Waals surface area contributed by atoms with Gasteiger partial charge in [-0.1, -0.05) is 0 Å². The van der Waals surface area contributed by atoms with E-state index in [1.54, 1.807) is 13.0 Å². The molecule has 94 valence electrons. The van der Waals surface area contributed by atoms with Crippen LogP contribution in [0.15, 0.2) is 28.7 Å². The molecule has 6 nitrogen and oxygen atoms in total. The number of nitrogens with one attached hydrogen (secondary N) is 1. The lowest BCUT2D eigenvalue weighted by Gasteiger charge is -2.05. The van der Waals surface area contributed by atoms with E-state index in [2.05, 4.69) is 10.3 Å². The molecule has 0 bridgehead atoms. The van der Waals surface area contributed by atoms with Crippen molar-refractivity contribution in [3.8, 4) is 0 Å². The number of hydrogen-bond donors (Lipinski definition) is 1. The molecular weight excluding hydrogens is 234 g/mol. The minimum absolute atomic E-state index is 0.0381. The zero-order valence-corrected chi connectivity index (χ0v) is 10.1. The minimum atomic E-state index is -0.456. The van der Waals surface area contributed by atoms with Crippen LogP contribution in [0.2, 0.25) is 0 Å². The number of aryl methyl sites for hydroxylation is 2. The molecule has 1 N–H and O–H groups in total. The molecule has 0 atom stereocenters. The Morgan fingerprint density at radius 1 is 1.33 bits per heavy atom. The molecule has 0 saturated carbocycles. The Balaban J connectivity index is 2.17. The van der Waals surface area contributed by atoms with Crippen molar-refractivity contribution in [3.63, 3.8) is 0 Å². The van der Waals surface area contributed by atoms with Crippen LogP contribution in [0.25, 0.3) is 0 Å². The van der Waals surface area contributed by atoms with Crippen LogP contribution in [0.4, 0.5) is 11.5 Å². The maximum atomic E-state index is 10.9. The molecule has 0 radical (unpaired) electrons. The van der Waals surface area contributed by atoms with Crippen LogP contribution < -0.4 is 5.32 Å². The van der Waals surface area contributed by atoms with Crippen LogP contribution in [-0.2, 0) is 6.54 Å². The smallest absolute Gasteiger partial charge is 0.311 e. The van der Waals surface area contributed by atoms with Gasteiger partial charge in [0.2, 0.25) is 5.82 Å². The summed E-state index contributed by atoms with van der Waals surface area (Å²) in [5.74, 6) is 1.78. The number of aromatic nitrogens is 1. The molecule has 0 spiro atoms. The van der Waals surface area contributed by atoms with Crippen molar-refractivity contribution in [2.45, 2.75) is 20.4 Å². The number of rotatable bonds is 4. The van der Waals surface area contributed by atoms with Gasteiger partial charge in [0.25, 0.3) is 0 Å². The minimum Gasteiger partial charge on any atom is -0.465 e. The van der Waals surface area contributed by atoms with Gasteiger partial charge in [0.05, 0.1) is 11.5 Å². The molecule has 2 aromatic heterocycles. The average Bonchev–Trinajstić information content (AvgIpc) is 2.72. The van der Waals surface area contributed by atoms with Gasteiger partial charge in [-0.2, -0.15) is 0 Å². The SMILES string of the molecule is Cc1ccc([N+](=O)[O-])c(NCc2ccc(C)o2)n1. The van der Waals surface area contributed by atoms with Gasteiger partial charge in [-0.25, -0.2) is 4.98 Å². The van der Waals surface area contributed by atoms with Gasteiger partial charge < -0.3 is 9.73 Å². The second kappa shape index (κ2) is 4.87. The lowest BCUT2D eigenvalue weighted by Crippen LogP contribution is -2.04. The van der Waals surface area contributed by atoms with Gasteiger partial charge in [-0.05, 0) is 32.0 Å². The number of nitro groups is 1. The fourth-order valence-electron chi connectivity index (χ4n) is 1.58. The summed E-state index contributed by atoms with van der Waals surface area (Å²) in [5, 5.41) is 13.8. The normalized spacial score (nSPS) is 10.3. The van der Waals surface area contributed by atoms with E-state index in [0.29, 0.717) is 12.3 Å². The topological polar surface area (TPSA) is 81.2 Å². The molecule has 2 rings (SSSR count). The Morgan fingerprint density at radius 3 is 2.72 bits per heavy atom. The largest absolute Gasteiger partial charge is 0.465 e. The molecule has 2 aromatic rings. The van der Waals surface area contributed by atoms with Crippen molar-refractivity contribution in [3.05, 3.63) is 51.6 Å². The summed E-state index contributed by atoms with van der Waals surface area (Å²) in [6, 6.07) is 6.72. The molecular formula is C12H13N3O3. The van der Waals surface area contributed by atoms with Crippen molar-refractivity contribution in [2.75, 3.05) is 5.32 Å². The first-order valence-corrected chi connectivity index (χ1v) is 5.47. The Labute approximate surface area is 104 Å². The van der Waals surface area contributed by atoms with Crippen molar-refractivity contribution < 1.29 is 9.34 Å². The van der Waals surface area contributed by atoms with E-state index in [1.165, 1.54) is 6.07 Å². The summed E-state index contributed by atoms with van der Waals surface area (Å²) in [6.07, 6.45) is 0. The number of anilines is 1. The van der Waals surface area contributed by atoms with Crippen LogP contribution in [0.5, 0.6) is 0 Å². The van der Waals surface area contributed by atoms with Crippen molar-refractivity contribution >= 4 is 11.5 Å². The third kappa shape index (κ3) is 2.65. The first kappa shape index (κ1) is 12.1. The fourth-order valence-corrected chi connectivity index (χ4v) is 1.58. The Hall–Kier alpha value is -2.37. The molecule has 0 aliphatic heterocycles. The van der Waals surface area contributed by atoms with Crippen LogP contribution in [0.3, 0.4) is 0 Å². The van der Waals surface area contributed by atoms with E-state index in [-0.39, 0.29) is 11.5 Å². The standard InChI is InChI=1S/C12H13N3O3/c1-8-3-6-11(15(16)17)12(14-8)13-7-10-5-4-9(2)18-10/h3-6H,7H2,1-2H3,(H,13,14). The van der Waals surface area contributed by atoms with E-state index in [0.717, 1.165) is 11.5 Å². The number of furan rings is 1. The lowest BCUT2D eigenvalue weighted by molar-refractivity contribution is -0.384. The predicted octanol–water partition coefficient (Wildman–Crippen LogP) is 2.81. The first-order chi connectivity index (χ1) is 8.56. The van der Waals surface area contributed by atoms with Gasteiger partial charge in [-0.15, -0.1) is 0 Å². The van der Waals surface area contributed by atoms with Crippen molar-refractivity contribution in [1.82, 2.24) is 4.98 Å². The summed E-state index contributed by atoms with van der Waals surface area (Å²) in [7, 11) is 0. The van der Waals surface area contributed by atoms with Gasteiger partial charge in [-0.3, -0.25) is 10.1 Å². The lowest BCUT2D eigenvalue weighted by atomic mass is 10.3. The first-order valence-electron chi connectivity index (χ1n) is 5.47. The second-order valence-electron chi connectivity index (χ2n) is 3.94. The third-order valence-electron chi connectivity index (χ3n) is 2.44. The monoisotopic (exact) mass is 247 g/mol. The van der Waals surface area contributed by atoms with E-state index >= 15 is 0 Å². The van der Waals surface area contributed by atoms with E-state index < -0.39 is 4.92 Å². The summed E-state index contributed by atoms with van der Waals surface area (Å²) >= 11 is 0. The maximum Gasteiger partial charge on any atom is 0.311 e. The molecule has 0 saturated heterocycles. The van der Waals surface area contributed by atoms with Crippen molar-refractivity contribution in [2.24, 2.45) is 0 Å². The highest BCUT2D eigenvalue weighted by atomic mass is 16.6. The molecule has 2 heterocycles. The molecule has 0 aliphatic carbocycles. The van der Waals surface area contributed by atoms with Gasteiger partial charge in [0, 0.05) is 11.8 Å². The molecule has 0 aromatic carbocycles. The second-order valence-corrected chi connectivity index (χ2v) is 3.94. The summed E-state index contributed by atoms with van der Waals surface area (Å²) < 4.78 is 5.38. The van der Waals surface area contributed by atoms with Gasteiger partial charge in [0.15, 0.2) is 0 Å². The summed E-state index contributed by atoms with van der Waals surface area (Å²) in [6.45, 7) is 3.99. The Kier molecular flexibility index (Phi) is 3.27.